The molecule has 3 aromatic rings. The number of amides is 1. The van der Waals surface area contributed by atoms with E-state index in [9.17, 15) is 4.79 Å². The number of hydrogen-bond acceptors (Lipinski definition) is 3. The number of ether oxygens (including phenoxy) is 1. The van der Waals surface area contributed by atoms with Crippen molar-refractivity contribution < 1.29 is 9.53 Å². The zero-order valence-corrected chi connectivity index (χ0v) is 18.1. The van der Waals surface area contributed by atoms with E-state index in [-0.39, 0.29) is 11.9 Å². The summed E-state index contributed by atoms with van der Waals surface area (Å²) in [6.45, 7) is 4.93. The van der Waals surface area contributed by atoms with Crippen LogP contribution in [0.5, 0.6) is 11.5 Å². The van der Waals surface area contributed by atoms with Gasteiger partial charge < -0.3 is 10.1 Å². The first-order valence-corrected chi connectivity index (χ1v) is 11.0. The van der Waals surface area contributed by atoms with E-state index >= 15 is 0 Å². The zero-order valence-electron chi connectivity index (χ0n) is 18.1. The van der Waals surface area contributed by atoms with E-state index in [0.717, 1.165) is 49.5 Å². The molecule has 3 aromatic carbocycles. The summed E-state index contributed by atoms with van der Waals surface area (Å²) in [5, 5.41) is 3.23. The third-order valence-corrected chi connectivity index (χ3v) is 5.85. The van der Waals surface area contributed by atoms with Crippen molar-refractivity contribution in [1.82, 2.24) is 10.2 Å². The fourth-order valence-electron chi connectivity index (χ4n) is 4.09. The number of benzene rings is 3. The SMILES string of the molecule is Cc1ccccc1CC(=O)NC1CCN(Cc2cccc(Oc3ccccc3)c2)CC1. The Morgan fingerprint density at radius 1 is 0.935 bits per heavy atom. The molecule has 1 aliphatic rings. The minimum absolute atomic E-state index is 0.124. The van der Waals surface area contributed by atoms with Crippen molar-refractivity contribution in [3.63, 3.8) is 0 Å². The Hall–Kier alpha value is -3.11. The standard InChI is InChI=1S/C27H30N2O2/c1-21-8-5-6-10-23(21)19-27(30)28-24-14-16-29(17-15-24)20-22-9-7-13-26(18-22)31-25-11-3-2-4-12-25/h2-13,18,24H,14-17,19-20H2,1H3,(H,28,30). The lowest BCUT2D eigenvalue weighted by molar-refractivity contribution is -0.121. The smallest absolute Gasteiger partial charge is 0.224 e. The van der Waals surface area contributed by atoms with Crippen LogP contribution < -0.4 is 10.1 Å². The molecule has 0 bridgehead atoms. The normalized spacial score (nSPS) is 14.9. The molecule has 0 radical (unpaired) electrons. The lowest BCUT2D eigenvalue weighted by atomic mass is 10.0. The topological polar surface area (TPSA) is 41.6 Å². The maximum Gasteiger partial charge on any atom is 0.224 e. The van der Waals surface area contributed by atoms with Gasteiger partial charge in [0.2, 0.25) is 5.91 Å². The van der Waals surface area contributed by atoms with E-state index in [1.807, 2.05) is 60.7 Å². The monoisotopic (exact) mass is 414 g/mol. The van der Waals surface area contributed by atoms with E-state index in [2.05, 4.69) is 35.3 Å². The molecule has 1 amide bonds. The Bertz CT molecular complexity index is 995. The molecule has 0 atom stereocenters. The molecule has 160 valence electrons. The Kier molecular flexibility index (Phi) is 7.00. The lowest BCUT2D eigenvalue weighted by Gasteiger charge is -2.32. The number of para-hydroxylation sites is 1. The van der Waals surface area contributed by atoms with Gasteiger partial charge in [-0.3, -0.25) is 9.69 Å². The van der Waals surface area contributed by atoms with Crippen LogP contribution in [0.1, 0.15) is 29.5 Å². The second-order valence-electron chi connectivity index (χ2n) is 8.28. The van der Waals surface area contributed by atoms with Crippen LogP contribution in [0.4, 0.5) is 0 Å². The van der Waals surface area contributed by atoms with Gasteiger partial charge in [0.1, 0.15) is 11.5 Å². The highest BCUT2D eigenvalue weighted by molar-refractivity contribution is 5.79. The van der Waals surface area contributed by atoms with Crippen molar-refractivity contribution in [1.29, 1.82) is 0 Å². The number of carbonyl (C=O) groups excluding carboxylic acids is 1. The average Bonchev–Trinajstić information content (AvgIpc) is 2.78. The van der Waals surface area contributed by atoms with Crippen LogP contribution in [0, 0.1) is 6.92 Å². The fraction of sp³-hybridized carbons (Fsp3) is 0.296. The quantitative estimate of drug-likeness (QED) is 0.584. The molecule has 0 saturated carbocycles. The maximum atomic E-state index is 12.5. The van der Waals surface area contributed by atoms with Crippen LogP contribution >= 0.6 is 0 Å². The minimum atomic E-state index is 0.124. The fourth-order valence-corrected chi connectivity index (χ4v) is 4.09. The largest absolute Gasteiger partial charge is 0.457 e. The third-order valence-electron chi connectivity index (χ3n) is 5.85. The minimum Gasteiger partial charge on any atom is -0.457 e. The van der Waals surface area contributed by atoms with Gasteiger partial charge in [0.05, 0.1) is 6.42 Å². The summed E-state index contributed by atoms with van der Waals surface area (Å²) in [5.74, 6) is 1.84. The van der Waals surface area contributed by atoms with Crippen LogP contribution in [-0.4, -0.2) is 29.9 Å². The van der Waals surface area contributed by atoms with E-state index in [0.29, 0.717) is 6.42 Å². The van der Waals surface area contributed by atoms with Gasteiger partial charge >= 0.3 is 0 Å². The van der Waals surface area contributed by atoms with Crippen molar-refractivity contribution in [3.05, 3.63) is 95.6 Å². The first kappa shape index (κ1) is 21.1. The molecular weight excluding hydrogens is 384 g/mol. The van der Waals surface area contributed by atoms with Gasteiger partial charge in [-0.05, 0) is 60.7 Å². The second kappa shape index (κ2) is 10.3. The molecule has 1 heterocycles. The summed E-state index contributed by atoms with van der Waals surface area (Å²) < 4.78 is 5.96. The van der Waals surface area contributed by atoms with Crippen LogP contribution in [-0.2, 0) is 17.8 Å². The van der Waals surface area contributed by atoms with Crippen LogP contribution in [0.25, 0.3) is 0 Å². The second-order valence-corrected chi connectivity index (χ2v) is 8.28. The predicted molar refractivity (Wildman–Crippen MR) is 124 cm³/mol. The van der Waals surface area contributed by atoms with Gasteiger partial charge in [0, 0.05) is 25.7 Å². The van der Waals surface area contributed by atoms with E-state index < -0.39 is 0 Å². The number of rotatable bonds is 7. The maximum absolute atomic E-state index is 12.5. The number of hydrogen-bond donors (Lipinski definition) is 1. The molecule has 4 nitrogen and oxygen atoms in total. The van der Waals surface area contributed by atoms with Crippen LogP contribution in [0.3, 0.4) is 0 Å². The summed E-state index contributed by atoms with van der Waals surface area (Å²) >= 11 is 0. The molecule has 0 aromatic heterocycles. The summed E-state index contributed by atoms with van der Waals surface area (Å²) in [4.78, 5) is 14.9. The number of carbonyl (C=O) groups is 1. The molecule has 0 unspecified atom stereocenters. The number of nitrogens with zero attached hydrogens (tertiary/aromatic N) is 1. The van der Waals surface area contributed by atoms with Gasteiger partial charge in [0.25, 0.3) is 0 Å². The molecule has 4 heteroatoms. The molecule has 1 saturated heterocycles. The zero-order chi connectivity index (χ0) is 21.5. The summed E-state index contributed by atoms with van der Waals surface area (Å²) in [6.07, 6.45) is 2.43. The molecule has 4 rings (SSSR count). The average molecular weight is 415 g/mol. The van der Waals surface area contributed by atoms with Gasteiger partial charge in [-0.2, -0.15) is 0 Å². The van der Waals surface area contributed by atoms with Crippen LogP contribution in [0.2, 0.25) is 0 Å². The number of aryl methyl sites for hydroxylation is 1. The summed E-state index contributed by atoms with van der Waals surface area (Å²) in [6, 6.07) is 26.5. The molecule has 31 heavy (non-hydrogen) atoms. The predicted octanol–water partition coefficient (Wildman–Crippen LogP) is 5.11. The van der Waals surface area contributed by atoms with Gasteiger partial charge in [-0.15, -0.1) is 0 Å². The highest BCUT2D eigenvalue weighted by Gasteiger charge is 2.21. The molecule has 1 aliphatic heterocycles. The van der Waals surface area contributed by atoms with Crippen molar-refractivity contribution in [2.45, 2.75) is 38.8 Å². The Morgan fingerprint density at radius 3 is 2.42 bits per heavy atom. The first-order chi connectivity index (χ1) is 15.2. The Balaban J connectivity index is 1.24. The molecule has 1 fully saturated rings. The molecule has 0 aliphatic carbocycles. The first-order valence-electron chi connectivity index (χ1n) is 11.0. The van der Waals surface area contributed by atoms with E-state index in [1.165, 1.54) is 11.1 Å². The Labute approximate surface area is 184 Å². The van der Waals surface area contributed by atoms with Gasteiger partial charge in [-0.25, -0.2) is 0 Å². The van der Waals surface area contributed by atoms with Crippen molar-refractivity contribution >= 4 is 5.91 Å². The lowest BCUT2D eigenvalue weighted by Crippen LogP contribution is -2.44. The Morgan fingerprint density at radius 2 is 1.65 bits per heavy atom. The van der Waals surface area contributed by atoms with E-state index in [4.69, 9.17) is 4.74 Å². The van der Waals surface area contributed by atoms with Gasteiger partial charge in [0.15, 0.2) is 0 Å². The summed E-state index contributed by atoms with van der Waals surface area (Å²) in [7, 11) is 0. The van der Waals surface area contributed by atoms with Crippen molar-refractivity contribution in [2.75, 3.05) is 13.1 Å². The highest BCUT2D eigenvalue weighted by atomic mass is 16.5. The molecule has 1 N–H and O–H groups in total. The van der Waals surface area contributed by atoms with Crippen molar-refractivity contribution in [3.8, 4) is 11.5 Å². The van der Waals surface area contributed by atoms with Crippen molar-refractivity contribution in [2.24, 2.45) is 0 Å². The number of likely N-dealkylation sites (tertiary alicyclic amines) is 1. The van der Waals surface area contributed by atoms with Crippen LogP contribution in [0.15, 0.2) is 78.9 Å². The highest BCUT2D eigenvalue weighted by Crippen LogP contribution is 2.23. The number of nitrogens with one attached hydrogen (secondary N) is 1. The molecular formula is C27H30N2O2. The van der Waals surface area contributed by atoms with Gasteiger partial charge in [-0.1, -0.05) is 54.6 Å². The summed E-state index contributed by atoms with van der Waals surface area (Å²) in [5.41, 5.74) is 3.52. The third kappa shape index (κ3) is 6.19. The number of piperidine rings is 1. The van der Waals surface area contributed by atoms with E-state index in [1.54, 1.807) is 0 Å². The molecule has 0 spiro atoms.